The molecule has 0 radical (unpaired) electrons. The number of aromatic amines is 1. The van der Waals surface area contributed by atoms with Crippen LogP contribution in [0.2, 0.25) is 0 Å². The first-order chi connectivity index (χ1) is 15.2. The second-order valence-electron chi connectivity index (χ2n) is 8.30. The Balaban J connectivity index is 1.54. The number of hydrogen-bond acceptors (Lipinski definition) is 2. The van der Waals surface area contributed by atoms with Crippen molar-refractivity contribution in [2.45, 2.75) is 25.8 Å². The Labute approximate surface area is 184 Å². The Hall–Kier alpha value is -3.46. The summed E-state index contributed by atoms with van der Waals surface area (Å²) in [5.74, 6) is 0.909. The SMILES string of the molecule is COc1ccc2[nH]c3c(c2c1)CCN(C=CCc1ccccc1)C3c1ccc(C)cc1. The summed E-state index contributed by atoms with van der Waals surface area (Å²) in [6.45, 7) is 3.13. The average Bonchev–Trinajstić information content (AvgIpc) is 3.18. The number of fused-ring (bicyclic) bond motifs is 3. The number of allylic oxidation sites excluding steroid dienone is 1. The maximum absolute atomic E-state index is 5.49. The number of methoxy groups -OCH3 is 1. The van der Waals surface area contributed by atoms with Crippen molar-refractivity contribution in [2.75, 3.05) is 13.7 Å². The van der Waals surface area contributed by atoms with Gasteiger partial charge in [0.1, 0.15) is 5.75 Å². The second-order valence-corrected chi connectivity index (χ2v) is 8.30. The van der Waals surface area contributed by atoms with Gasteiger partial charge in [-0.05, 0) is 60.9 Å². The number of nitrogens with one attached hydrogen (secondary N) is 1. The molecule has 0 saturated carbocycles. The van der Waals surface area contributed by atoms with E-state index in [1.54, 1.807) is 7.11 Å². The quantitative estimate of drug-likeness (QED) is 0.426. The van der Waals surface area contributed by atoms with Gasteiger partial charge in [-0.25, -0.2) is 0 Å². The molecule has 3 heteroatoms. The van der Waals surface area contributed by atoms with E-state index >= 15 is 0 Å². The highest BCUT2D eigenvalue weighted by Gasteiger charge is 2.30. The van der Waals surface area contributed by atoms with Gasteiger partial charge in [0.25, 0.3) is 0 Å². The second kappa shape index (κ2) is 8.35. The number of rotatable bonds is 5. The molecule has 0 amide bonds. The van der Waals surface area contributed by atoms with E-state index in [1.165, 1.54) is 38.9 Å². The van der Waals surface area contributed by atoms with Gasteiger partial charge < -0.3 is 14.6 Å². The highest BCUT2D eigenvalue weighted by Crippen LogP contribution is 2.39. The standard InChI is InChI=1S/C28H28N2O/c1-20-10-12-22(13-11-20)28-27-24(25-19-23(31-2)14-15-26(25)29-27)16-18-30(28)17-6-9-21-7-4-3-5-8-21/h3-8,10-15,17,19,28-29H,9,16,18H2,1-2H3. The molecule has 1 N–H and O–H groups in total. The van der Waals surface area contributed by atoms with Crippen LogP contribution < -0.4 is 4.74 Å². The minimum atomic E-state index is 0.176. The van der Waals surface area contributed by atoms with Crippen molar-refractivity contribution in [2.24, 2.45) is 0 Å². The molecule has 1 atom stereocenters. The molecule has 156 valence electrons. The molecule has 3 nitrogen and oxygen atoms in total. The Morgan fingerprint density at radius 1 is 1.03 bits per heavy atom. The van der Waals surface area contributed by atoms with Crippen LogP contribution in [-0.4, -0.2) is 23.5 Å². The summed E-state index contributed by atoms with van der Waals surface area (Å²) in [4.78, 5) is 6.21. The van der Waals surface area contributed by atoms with E-state index in [2.05, 4.69) is 95.8 Å². The summed E-state index contributed by atoms with van der Waals surface area (Å²) >= 11 is 0. The van der Waals surface area contributed by atoms with Crippen LogP contribution in [0.1, 0.15) is 34.0 Å². The van der Waals surface area contributed by atoms with Crippen LogP contribution in [0, 0.1) is 6.92 Å². The highest BCUT2D eigenvalue weighted by atomic mass is 16.5. The number of nitrogens with zero attached hydrogens (tertiary/aromatic N) is 1. The molecule has 0 bridgehead atoms. The lowest BCUT2D eigenvalue weighted by Gasteiger charge is -2.35. The third-order valence-electron chi connectivity index (χ3n) is 6.26. The fourth-order valence-corrected chi connectivity index (χ4v) is 4.62. The van der Waals surface area contributed by atoms with Crippen molar-refractivity contribution >= 4 is 10.9 Å². The van der Waals surface area contributed by atoms with Crippen LogP contribution in [0.25, 0.3) is 10.9 Å². The minimum absolute atomic E-state index is 0.176. The molecule has 0 fully saturated rings. The van der Waals surface area contributed by atoms with Crippen molar-refractivity contribution in [1.29, 1.82) is 0 Å². The van der Waals surface area contributed by atoms with Crippen LogP contribution >= 0.6 is 0 Å². The number of hydrogen-bond donors (Lipinski definition) is 1. The zero-order valence-corrected chi connectivity index (χ0v) is 18.1. The average molecular weight is 409 g/mol. The van der Waals surface area contributed by atoms with E-state index in [4.69, 9.17) is 4.74 Å². The van der Waals surface area contributed by atoms with Crippen molar-refractivity contribution in [3.63, 3.8) is 0 Å². The van der Waals surface area contributed by atoms with Gasteiger partial charge in [-0.3, -0.25) is 0 Å². The predicted octanol–water partition coefficient (Wildman–Crippen LogP) is 6.19. The number of aryl methyl sites for hydroxylation is 1. The van der Waals surface area contributed by atoms with Crippen LogP contribution in [0.3, 0.4) is 0 Å². The molecule has 1 aromatic heterocycles. The molecular formula is C28H28N2O. The van der Waals surface area contributed by atoms with E-state index in [-0.39, 0.29) is 6.04 Å². The Bertz CT molecular complexity index is 1210. The summed E-state index contributed by atoms with van der Waals surface area (Å²) < 4.78 is 5.49. The van der Waals surface area contributed by atoms with Gasteiger partial charge in [-0.15, -0.1) is 0 Å². The largest absolute Gasteiger partial charge is 0.497 e. The van der Waals surface area contributed by atoms with Gasteiger partial charge >= 0.3 is 0 Å². The summed E-state index contributed by atoms with van der Waals surface area (Å²) in [5.41, 5.74) is 7.82. The molecule has 5 rings (SSSR count). The summed E-state index contributed by atoms with van der Waals surface area (Å²) in [5, 5.41) is 1.28. The van der Waals surface area contributed by atoms with Gasteiger partial charge in [0.05, 0.1) is 13.2 Å². The fourth-order valence-electron chi connectivity index (χ4n) is 4.62. The molecular weight excluding hydrogens is 380 g/mol. The number of ether oxygens (including phenoxy) is 1. The summed E-state index contributed by atoms with van der Waals surface area (Å²) in [7, 11) is 1.73. The van der Waals surface area contributed by atoms with Crippen LogP contribution in [0.5, 0.6) is 5.75 Å². The molecule has 3 aromatic carbocycles. The Morgan fingerprint density at radius 3 is 2.61 bits per heavy atom. The zero-order valence-electron chi connectivity index (χ0n) is 18.1. The molecule has 0 aliphatic carbocycles. The van der Waals surface area contributed by atoms with Crippen molar-refractivity contribution < 1.29 is 4.74 Å². The molecule has 2 heterocycles. The third-order valence-corrected chi connectivity index (χ3v) is 6.26. The Morgan fingerprint density at radius 2 is 1.84 bits per heavy atom. The smallest absolute Gasteiger partial charge is 0.119 e. The first-order valence-electron chi connectivity index (χ1n) is 10.9. The van der Waals surface area contributed by atoms with Crippen LogP contribution in [0.15, 0.2) is 85.1 Å². The zero-order chi connectivity index (χ0) is 21.2. The van der Waals surface area contributed by atoms with Gasteiger partial charge in [-0.1, -0.05) is 66.2 Å². The topological polar surface area (TPSA) is 28.3 Å². The number of aromatic nitrogens is 1. The normalized spacial score (nSPS) is 16.1. The molecule has 31 heavy (non-hydrogen) atoms. The van der Waals surface area contributed by atoms with Crippen LogP contribution in [-0.2, 0) is 12.8 Å². The maximum atomic E-state index is 5.49. The highest BCUT2D eigenvalue weighted by molar-refractivity contribution is 5.86. The van der Waals surface area contributed by atoms with E-state index in [1.807, 2.05) is 6.07 Å². The van der Waals surface area contributed by atoms with E-state index in [0.717, 1.165) is 25.1 Å². The van der Waals surface area contributed by atoms with E-state index in [0.29, 0.717) is 0 Å². The predicted molar refractivity (Wildman–Crippen MR) is 128 cm³/mol. The summed E-state index contributed by atoms with van der Waals surface area (Å²) in [6.07, 6.45) is 6.52. The third kappa shape index (κ3) is 3.84. The van der Waals surface area contributed by atoms with E-state index < -0.39 is 0 Å². The first kappa shape index (κ1) is 19.5. The molecule has 1 unspecified atom stereocenters. The lowest BCUT2D eigenvalue weighted by molar-refractivity contribution is 0.297. The molecule has 0 saturated heterocycles. The van der Waals surface area contributed by atoms with E-state index in [9.17, 15) is 0 Å². The molecule has 1 aliphatic rings. The van der Waals surface area contributed by atoms with Crippen molar-refractivity contribution in [3.8, 4) is 5.75 Å². The minimum Gasteiger partial charge on any atom is -0.497 e. The van der Waals surface area contributed by atoms with Crippen LogP contribution in [0.4, 0.5) is 0 Å². The lowest BCUT2D eigenvalue weighted by Crippen LogP contribution is -2.32. The number of H-pyrrole nitrogens is 1. The first-order valence-corrected chi connectivity index (χ1v) is 10.9. The summed E-state index contributed by atoms with van der Waals surface area (Å²) in [6, 6.07) is 26.1. The maximum Gasteiger partial charge on any atom is 0.119 e. The van der Waals surface area contributed by atoms with Crippen molar-refractivity contribution in [1.82, 2.24) is 9.88 Å². The van der Waals surface area contributed by atoms with Gasteiger partial charge in [0.2, 0.25) is 0 Å². The Kier molecular flexibility index (Phi) is 5.25. The van der Waals surface area contributed by atoms with Crippen molar-refractivity contribution in [3.05, 3.63) is 113 Å². The fraction of sp³-hybridized carbons (Fsp3) is 0.214. The molecule has 1 aliphatic heterocycles. The molecule has 0 spiro atoms. The lowest BCUT2D eigenvalue weighted by atomic mass is 9.92. The monoisotopic (exact) mass is 408 g/mol. The molecule has 4 aromatic rings. The van der Waals surface area contributed by atoms with Gasteiger partial charge in [-0.2, -0.15) is 0 Å². The van der Waals surface area contributed by atoms with Gasteiger partial charge in [0.15, 0.2) is 0 Å². The number of benzene rings is 3. The van der Waals surface area contributed by atoms with Gasteiger partial charge in [0, 0.05) is 23.1 Å².